The Morgan fingerprint density at radius 1 is 1.38 bits per heavy atom. The Bertz CT molecular complexity index is 334. The van der Waals surface area contributed by atoms with E-state index in [0.717, 1.165) is 11.3 Å². The first kappa shape index (κ1) is 12.6. The Labute approximate surface area is 99.1 Å². The molecule has 0 saturated carbocycles. The van der Waals surface area contributed by atoms with E-state index < -0.39 is 11.7 Å². The van der Waals surface area contributed by atoms with Crippen LogP contribution in [0.1, 0.15) is 12.5 Å². The number of hydrogen-bond acceptors (Lipinski definition) is 4. The number of alkyl halides is 1. The van der Waals surface area contributed by atoms with Crippen LogP contribution >= 0.6 is 11.6 Å². The van der Waals surface area contributed by atoms with E-state index in [1.165, 1.54) is 6.92 Å². The maximum Gasteiger partial charge on any atom is 0.510 e. The number of hydrogen-bond donors (Lipinski definition) is 0. The third-order valence-corrected chi connectivity index (χ3v) is 1.86. The fourth-order valence-corrected chi connectivity index (χ4v) is 1.10. The van der Waals surface area contributed by atoms with E-state index in [-0.39, 0.29) is 6.61 Å². The number of methoxy groups -OCH3 is 1. The molecule has 0 aliphatic carbocycles. The lowest BCUT2D eigenvalue weighted by Crippen LogP contribution is -2.11. The average molecular weight is 245 g/mol. The van der Waals surface area contributed by atoms with Gasteiger partial charge in [-0.15, -0.1) is 0 Å². The van der Waals surface area contributed by atoms with Gasteiger partial charge in [0, 0.05) is 0 Å². The van der Waals surface area contributed by atoms with Crippen LogP contribution in [-0.2, 0) is 16.1 Å². The van der Waals surface area contributed by atoms with Crippen molar-refractivity contribution >= 4 is 17.8 Å². The zero-order chi connectivity index (χ0) is 12.0. The molecule has 88 valence electrons. The van der Waals surface area contributed by atoms with Crippen LogP contribution in [0.15, 0.2) is 24.3 Å². The predicted octanol–water partition coefficient (Wildman–Crippen LogP) is 2.93. The van der Waals surface area contributed by atoms with E-state index in [2.05, 4.69) is 4.74 Å². The zero-order valence-electron chi connectivity index (χ0n) is 9.10. The minimum atomic E-state index is -0.779. The quantitative estimate of drug-likeness (QED) is 0.603. The van der Waals surface area contributed by atoms with Gasteiger partial charge < -0.3 is 14.2 Å². The van der Waals surface area contributed by atoms with Gasteiger partial charge in [-0.05, 0) is 24.6 Å². The van der Waals surface area contributed by atoms with Gasteiger partial charge in [-0.2, -0.15) is 0 Å². The molecule has 1 aromatic carbocycles. The molecule has 1 aromatic rings. The summed E-state index contributed by atoms with van der Waals surface area (Å²) in [5.41, 5.74) is 0.156. The number of benzene rings is 1. The van der Waals surface area contributed by atoms with Gasteiger partial charge in [0.05, 0.1) is 7.11 Å². The lowest BCUT2D eigenvalue weighted by atomic mass is 10.2. The van der Waals surface area contributed by atoms with Crippen LogP contribution in [0.5, 0.6) is 5.75 Å². The monoisotopic (exact) mass is 244 g/mol. The highest BCUT2D eigenvalue weighted by Crippen LogP contribution is 2.12. The van der Waals surface area contributed by atoms with E-state index >= 15 is 0 Å². The summed E-state index contributed by atoms with van der Waals surface area (Å²) in [5, 5.41) is 0. The summed E-state index contributed by atoms with van der Waals surface area (Å²) >= 11 is 5.45. The Balaban J connectivity index is 2.39. The van der Waals surface area contributed by atoms with Gasteiger partial charge in [-0.1, -0.05) is 23.7 Å². The Morgan fingerprint density at radius 3 is 2.50 bits per heavy atom. The van der Waals surface area contributed by atoms with Crippen LogP contribution < -0.4 is 4.74 Å². The maximum absolute atomic E-state index is 11.0. The highest BCUT2D eigenvalue weighted by Gasteiger charge is 2.07. The summed E-state index contributed by atoms with van der Waals surface area (Å²) in [6.07, 6.45) is -0.779. The highest BCUT2D eigenvalue weighted by atomic mass is 35.5. The Kier molecular flexibility index (Phi) is 4.92. The predicted molar refractivity (Wildman–Crippen MR) is 59.6 cm³/mol. The molecular weight excluding hydrogens is 232 g/mol. The molecule has 0 saturated heterocycles. The van der Waals surface area contributed by atoms with E-state index in [1.807, 2.05) is 0 Å². The van der Waals surface area contributed by atoms with E-state index in [9.17, 15) is 4.79 Å². The number of carbonyl (C=O) groups is 1. The summed E-state index contributed by atoms with van der Waals surface area (Å²) in [6.45, 7) is 1.68. The SMILES string of the molecule is COc1ccc(COC(=O)OC(C)Cl)cc1. The molecule has 1 atom stereocenters. The second-order valence-electron chi connectivity index (χ2n) is 3.05. The summed E-state index contributed by atoms with van der Waals surface area (Å²) < 4.78 is 14.4. The van der Waals surface area contributed by atoms with Crippen LogP contribution in [-0.4, -0.2) is 18.8 Å². The summed E-state index contributed by atoms with van der Waals surface area (Å²) in [7, 11) is 1.59. The largest absolute Gasteiger partial charge is 0.510 e. The van der Waals surface area contributed by atoms with Crippen molar-refractivity contribution in [3.63, 3.8) is 0 Å². The molecule has 0 N–H and O–H groups in total. The molecule has 0 aliphatic heterocycles. The molecule has 0 radical (unpaired) electrons. The number of halogens is 1. The third kappa shape index (κ3) is 4.40. The van der Waals surface area contributed by atoms with Crippen LogP contribution in [0.2, 0.25) is 0 Å². The molecule has 4 nitrogen and oxygen atoms in total. The molecule has 0 aromatic heterocycles. The molecule has 0 heterocycles. The van der Waals surface area contributed by atoms with Crippen LogP contribution in [0, 0.1) is 0 Å². The maximum atomic E-state index is 11.0. The molecule has 5 heteroatoms. The summed E-state index contributed by atoms with van der Waals surface area (Å²) in [4.78, 5) is 11.0. The first-order valence-electron chi connectivity index (χ1n) is 4.72. The minimum absolute atomic E-state index is 0.145. The fraction of sp³-hybridized carbons (Fsp3) is 0.364. The second-order valence-corrected chi connectivity index (χ2v) is 3.66. The van der Waals surface area contributed by atoms with E-state index in [4.69, 9.17) is 21.1 Å². The lowest BCUT2D eigenvalue weighted by Gasteiger charge is -2.07. The van der Waals surface area contributed by atoms with Crippen molar-refractivity contribution in [1.82, 2.24) is 0 Å². The van der Waals surface area contributed by atoms with Crippen molar-refractivity contribution in [3.05, 3.63) is 29.8 Å². The summed E-state index contributed by atoms with van der Waals surface area (Å²) in [5.74, 6) is 0.751. The number of rotatable bonds is 4. The van der Waals surface area contributed by atoms with Crippen molar-refractivity contribution in [1.29, 1.82) is 0 Å². The average Bonchev–Trinajstić information content (AvgIpc) is 2.26. The van der Waals surface area contributed by atoms with Crippen molar-refractivity contribution in [2.75, 3.05) is 7.11 Å². The Hall–Kier alpha value is -1.42. The minimum Gasteiger partial charge on any atom is -0.497 e. The van der Waals surface area contributed by atoms with Gasteiger partial charge in [-0.25, -0.2) is 4.79 Å². The second kappa shape index (κ2) is 6.23. The van der Waals surface area contributed by atoms with E-state index in [1.54, 1.807) is 31.4 Å². The Morgan fingerprint density at radius 2 is 2.00 bits per heavy atom. The van der Waals surface area contributed by atoms with Crippen molar-refractivity contribution in [2.45, 2.75) is 19.1 Å². The smallest absolute Gasteiger partial charge is 0.497 e. The van der Waals surface area contributed by atoms with Gasteiger partial charge in [0.25, 0.3) is 0 Å². The topological polar surface area (TPSA) is 44.8 Å². The molecule has 0 spiro atoms. The van der Waals surface area contributed by atoms with Crippen molar-refractivity contribution < 1.29 is 19.0 Å². The molecule has 0 aliphatic rings. The van der Waals surface area contributed by atoms with Gasteiger partial charge in [0.2, 0.25) is 0 Å². The normalized spacial score (nSPS) is 11.7. The molecule has 0 bridgehead atoms. The number of carbonyl (C=O) groups excluding carboxylic acids is 1. The van der Waals surface area contributed by atoms with Crippen LogP contribution in [0.25, 0.3) is 0 Å². The van der Waals surface area contributed by atoms with Crippen molar-refractivity contribution in [2.24, 2.45) is 0 Å². The van der Waals surface area contributed by atoms with Crippen LogP contribution in [0.3, 0.4) is 0 Å². The molecule has 0 fully saturated rings. The highest BCUT2D eigenvalue weighted by molar-refractivity contribution is 6.19. The van der Waals surface area contributed by atoms with Gasteiger partial charge in [0.15, 0.2) is 5.56 Å². The van der Waals surface area contributed by atoms with Crippen molar-refractivity contribution in [3.8, 4) is 5.75 Å². The third-order valence-electron chi connectivity index (χ3n) is 1.77. The molecular formula is C11H13ClO4. The first-order chi connectivity index (χ1) is 7.61. The molecule has 16 heavy (non-hydrogen) atoms. The van der Waals surface area contributed by atoms with Gasteiger partial charge in [-0.3, -0.25) is 0 Å². The van der Waals surface area contributed by atoms with Crippen LogP contribution in [0.4, 0.5) is 4.79 Å². The molecule has 1 unspecified atom stereocenters. The van der Waals surface area contributed by atoms with E-state index in [0.29, 0.717) is 0 Å². The number of ether oxygens (including phenoxy) is 3. The molecule has 0 amide bonds. The summed E-state index contributed by atoms with van der Waals surface area (Å²) in [6, 6.07) is 7.18. The van der Waals surface area contributed by atoms with Gasteiger partial charge >= 0.3 is 6.16 Å². The first-order valence-corrected chi connectivity index (χ1v) is 5.16. The van der Waals surface area contributed by atoms with Gasteiger partial charge in [0.1, 0.15) is 12.4 Å². The molecule has 1 rings (SSSR count). The standard InChI is InChI=1S/C11H13ClO4/c1-8(12)16-11(13)15-7-9-3-5-10(14-2)6-4-9/h3-6,8H,7H2,1-2H3. The fourth-order valence-electron chi connectivity index (χ4n) is 1.03. The zero-order valence-corrected chi connectivity index (χ0v) is 9.86. The lowest BCUT2D eigenvalue weighted by molar-refractivity contribution is 0.0445.